The summed E-state index contributed by atoms with van der Waals surface area (Å²) in [7, 11) is -4.80. The van der Waals surface area contributed by atoms with Gasteiger partial charge in [-0.3, -0.25) is 10.1 Å². The van der Waals surface area contributed by atoms with Gasteiger partial charge >= 0.3 is 88.7 Å². The van der Waals surface area contributed by atoms with Crippen molar-refractivity contribution in [2.24, 2.45) is 0 Å². The van der Waals surface area contributed by atoms with Crippen LogP contribution in [0.25, 0.3) is 0 Å². The molecule has 0 aliphatic rings. The van der Waals surface area contributed by atoms with Gasteiger partial charge in [-0.15, -0.1) is 0 Å². The molecule has 41 heavy (non-hydrogen) atoms. The first-order valence-corrected chi connectivity index (χ1v) is 13.6. The minimum Gasteiger partial charge on any atom is -0.744 e. The molecule has 2 N–H and O–H groups in total. The fraction of sp³-hybridized carbons (Fsp3) is 0.250. The molecule has 0 aliphatic carbocycles. The van der Waals surface area contributed by atoms with Gasteiger partial charge in [0.15, 0.2) is 0 Å². The van der Waals surface area contributed by atoms with E-state index in [-0.39, 0.29) is 111 Å². The van der Waals surface area contributed by atoms with Crippen LogP contribution < -0.4 is 115 Å². The summed E-state index contributed by atoms with van der Waals surface area (Å²) >= 11 is 1.22. The third-order valence-electron chi connectivity index (χ3n) is 4.90. The number of anilines is 5. The Labute approximate surface area is 311 Å². The second-order valence-electron chi connectivity index (χ2n) is 7.24. The molecule has 1 heterocycles. The van der Waals surface area contributed by atoms with Crippen LogP contribution in [-0.4, -0.2) is 41.0 Å². The van der Waals surface area contributed by atoms with Gasteiger partial charge in [-0.05, 0) is 56.7 Å². The third-order valence-corrected chi connectivity index (χ3v) is 7.14. The van der Waals surface area contributed by atoms with Crippen molar-refractivity contribution in [3.05, 3.63) is 42.0 Å². The van der Waals surface area contributed by atoms with Gasteiger partial charge in [0.1, 0.15) is 10.1 Å². The molecule has 0 amide bonds. The normalized spacial score (nSPS) is 10.6. The molecule has 3 aromatic rings. The fourth-order valence-corrected chi connectivity index (χ4v) is 4.47. The maximum absolute atomic E-state index is 11.6. The van der Waals surface area contributed by atoms with Crippen molar-refractivity contribution in [2.45, 2.75) is 35.5 Å². The molecule has 1 aromatic heterocycles. The van der Waals surface area contributed by atoms with Gasteiger partial charge in [0, 0.05) is 23.7 Å². The zero-order valence-corrected chi connectivity index (χ0v) is 31.5. The minimum absolute atomic E-state index is 0. The van der Waals surface area contributed by atoms with Crippen LogP contribution in [0.2, 0.25) is 0 Å². The van der Waals surface area contributed by atoms with Crippen molar-refractivity contribution in [2.75, 3.05) is 28.6 Å². The van der Waals surface area contributed by atoms with E-state index in [0.29, 0.717) is 41.7 Å². The van der Waals surface area contributed by atoms with Crippen LogP contribution in [0.4, 0.5) is 29.2 Å². The van der Waals surface area contributed by atoms with Crippen molar-refractivity contribution < 1.29 is 131 Å². The van der Waals surface area contributed by atoms with E-state index >= 15 is 0 Å². The van der Waals surface area contributed by atoms with E-state index in [0.717, 1.165) is 29.7 Å². The first-order valence-electron chi connectivity index (χ1n) is 10.7. The van der Waals surface area contributed by atoms with Crippen LogP contribution in [0, 0.1) is 6.92 Å². The number of nitrogens with zero attached hydrogens (tertiary/aromatic N) is 4. The maximum Gasteiger partial charge on any atom is 1.00 e. The van der Waals surface area contributed by atoms with Crippen LogP contribution in [0.3, 0.4) is 0 Å². The van der Waals surface area contributed by atoms with Gasteiger partial charge in [-0.1, -0.05) is 6.07 Å². The molecule has 2 aromatic carbocycles. The average molecular weight is 655 g/mol. The van der Waals surface area contributed by atoms with Crippen molar-refractivity contribution >= 4 is 63.4 Å². The maximum atomic E-state index is 11.6. The predicted molar refractivity (Wildman–Crippen MR) is 132 cm³/mol. The second-order valence-corrected chi connectivity index (χ2v) is 10.1. The zero-order valence-electron chi connectivity index (χ0n) is 23.1. The van der Waals surface area contributed by atoms with Crippen molar-refractivity contribution in [3.8, 4) is 0 Å². The predicted octanol–water partition coefficient (Wildman–Crippen LogP) is -7.11. The summed E-state index contributed by atoms with van der Waals surface area (Å²) < 4.78 is 43.5. The Morgan fingerprint density at radius 1 is 0.854 bits per heavy atom. The number of benzene rings is 2. The van der Waals surface area contributed by atoms with Crippen molar-refractivity contribution in [1.29, 1.82) is 0 Å². The molecule has 21 heteroatoms. The quantitative estimate of drug-likeness (QED) is 0.0544. The molecule has 0 aliphatic heterocycles. The smallest absolute Gasteiger partial charge is 0.744 e. The van der Waals surface area contributed by atoms with E-state index in [2.05, 4.69) is 44.3 Å². The second kappa shape index (κ2) is 20.3. The number of aromatic nitrogens is 3. The summed E-state index contributed by atoms with van der Waals surface area (Å²) in [5, 5.41) is 33.2. The average Bonchev–Trinajstić information content (AvgIpc) is 2.88. The monoisotopic (exact) mass is 654 g/mol. The van der Waals surface area contributed by atoms with E-state index in [1.54, 1.807) is 18.2 Å². The SMILES string of the molecule is CCN(CC)c1nc(Nc2ccc(C)c(SOO[O-])c2)nc(Nc2cc(S(=O)(=O)[O-])ccc2SOO[O-])n1.[Na+].[Na+].[Na+]. The first kappa shape index (κ1) is 41.2. The molecule has 15 nitrogen and oxygen atoms in total. The number of aryl methyl sites for hydroxylation is 1. The van der Waals surface area contributed by atoms with Gasteiger partial charge in [0.2, 0.25) is 17.8 Å². The van der Waals surface area contributed by atoms with E-state index in [4.69, 9.17) is 0 Å². The molecule has 0 atom stereocenters. The Bertz CT molecular complexity index is 1360. The summed E-state index contributed by atoms with van der Waals surface area (Å²) in [6.07, 6.45) is 0. The van der Waals surface area contributed by atoms with Crippen LogP contribution >= 0.6 is 24.1 Å². The van der Waals surface area contributed by atoms with Gasteiger partial charge in [-0.2, -0.15) is 23.6 Å². The molecule has 0 bridgehead atoms. The summed E-state index contributed by atoms with van der Waals surface area (Å²) in [6.45, 7) is 6.77. The van der Waals surface area contributed by atoms with E-state index in [1.165, 1.54) is 6.07 Å². The minimum atomic E-state index is -4.80. The van der Waals surface area contributed by atoms with Gasteiger partial charge in [0.05, 0.1) is 39.6 Å². The number of hydrogen-bond donors (Lipinski definition) is 2. The van der Waals surface area contributed by atoms with E-state index in [1.807, 2.05) is 25.7 Å². The fourth-order valence-electron chi connectivity index (χ4n) is 3.08. The standard InChI is InChI=1S/C20H24N6O9S3.3Na/c1-4-26(5-2)20-24-18(21-13-7-6-12(3)17(10-13)37-35-33-28)23-19(25-20)22-15-11-14(38(29,30)31)8-9-16(15)36-34-32-27;;;/h6-11,27-28H,4-5H2,1-3H3,(H,29,30,31)(H2,21,22,23,24,25);;;/q;3*+1/p-3. The van der Waals surface area contributed by atoms with Gasteiger partial charge in [-0.25, -0.2) is 8.42 Å². The Kier molecular flexibility index (Phi) is 20.4. The zero-order chi connectivity index (χ0) is 27.7. The molecule has 0 saturated heterocycles. The van der Waals surface area contributed by atoms with Crippen LogP contribution in [-0.2, 0) is 28.9 Å². The topological polar surface area (TPSA) is 206 Å². The van der Waals surface area contributed by atoms with Crippen LogP contribution in [0.1, 0.15) is 19.4 Å². The largest absolute Gasteiger partial charge is 1.00 e. The number of rotatable bonds is 14. The van der Waals surface area contributed by atoms with Crippen LogP contribution in [0.15, 0.2) is 51.1 Å². The molecule has 0 saturated carbocycles. The van der Waals surface area contributed by atoms with Crippen LogP contribution in [0.5, 0.6) is 0 Å². The Balaban J connectivity index is 0.00000533. The molecule has 3 rings (SSSR count). The molecular formula is C20H21N6Na3O9S3. The van der Waals surface area contributed by atoms with E-state index < -0.39 is 15.0 Å². The Hall–Kier alpha value is 0.220. The van der Waals surface area contributed by atoms with E-state index in [9.17, 15) is 23.5 Å². The molecule has 0 spiro atoms. The Morgan fingerprint density at radius 3 is 2.00 bits per heavy atom. The van der Waals surface area contributed by atoms with Gasteiger partial charge < -0.3 is 30.6 Å². The third kappa shape index (κ3) is 12.6. The van der Waals surface area contributed by atoms with Gasteiger partial charge in [0.25, 0.3) is 0 Å². The number of nitrogens with one attached hydrogen (secondary N) is 2. The summed E-state index contributed by atoms with van der Waals surface area (Å²) in [4.78, 5) is 15.3. The molecule has 206 valence electrons. The summed E-state index contributed by atoms with van der Waals surface area (Å²) in [6, 6.07) is 8.57. The van der Waals surface area contributed by atoms with Crippen molar-refractivity contribution in [3.63, 3.8) is 0 Å². The summed E-state index contributed by atoms with van der Waals surface area (Å²) in [5.41, 5.74) is 1.42. The van der Waals surface area contributed by atoms with Crippen molar-refractivity contribution in [1.82, 2.24) is 15.0 Å². The summed E-state index contributed by atoms with van der Waals surface area (Å²) in [5.74, 6) is 0.395. The molecule has 0 unspecified atom stereocenters. The first-order chi connectivity index (χ1) is 18.2. The number of hydrogen-bond acceptors (Lipinski definition) is 17. The molecular weight excluding hydrogens is 633 g/mol. The Morgan fingerprint density at radius 2 is 1.44 bits per heavy atom. The molecule has 0 radical (unpaired) electrons. The molecule has 0 fully saturated rings.